The predicted molar refractivity (Wildman–Crippen MR) is 78.4 cm³/mol. The van der Waals surface area contributed by atoms with Gasteiger partial charge >= 0.3 is 6.09 Å². The van der Waals surface area contributed by atoms with Gasteiger partial charge in [0.2, 0.25) is 0 Å². The molecule has 1 aromatic rings. The smallest absolute Gasteiger partial charge is 0.410 e. The van der Waals surface area contributed by atoms with Gasteiger partial charge in [-0.2, -0.15) is 5.26 Å². The lowest BCUT2D eigenvalue weighted by Crippen LogP contribution is -2.44. The molecule has 1 aromatic heterocycles. The van der Waals surface area contributed by atoms with Gasteiger partial charge in [-0.3, -0.25) is 0 Å². The van der Waals surface area contributed by atoms with Gasteiger partial charge in [0.05, 0.1) is 12.1 Å². The number of ether oxygens (including phenoxy) is 1. The maximum Gasteiger partial charge on any atom is 0.410 e. The van der Waals surface area contributed by atoms with Crippen molar-refractivity contribution in [3.05, 3.63) is 16.0 Å². The van der Waals surface area contributed by atoms with E-state index in [1.165, 1.54) is 11.3 Å². The van der Waals surface area contributed by atoms with E-state index in [0.29, 0.717) is 23.5 Å². The average Bonchev–Trinajstić information content (AvgIpc) is 2.60. The van der Waals surface area contributed by atoms with Crippen molar-refractivity contribution in [1.29, 1.82) is 5.26 Å². The molecule has 2 rings (SSSR count). The van der Waals surface area contributed by atoms with Crippen LogP contribution >= 0.6 is 11.3 Å². The minimum atomic E-state index is -0.511. The summed E-state index contributed by atoms with van der Waals surface area (Å²) in [7, 11) is 0. The Labute approximate surface area is 122 Å². The Kier molecular flexibility index (Phi) is 3.65. The number of nitrogen functional groups attached to an aromatic ring is 1. The van der Waals surface area contributed by atoms with Gasteiger partial charge < -0.3 is 15.4 Å². The van der Waals surface area contributed by atoms with Gasteiger partial charge in [-0.1, -0.05) is 0 Å². The number of hydrogen-bond donors (Lipinski definition) is 1. The van der Waals surface area contributed by atoms with E-state index in [0.717, 1.165) is 10.4 Å². The quantitative estimate of drug-likeness (QED) is 0.797. The molecule has 1 aliphatic heterocycles. The highest BCUT2D eigenvalue weighted by Gasteiger charge is 2.33. The second-order valence-electron chi connectivity index (χ2n) is 6.02. The highest BCUT2D eigenvalue weighted by molar-refractivity contribution is 7.16. The molecule has 1 amide bonds. The van der Waals surface area contributed by atoms with Crippen LogP contribution in [-0.2, 0) is 17.7 Å². The third kappa shape index (κ3) is 2.73. The molecule has 0 saturated heterocycles. The molecule has 6 heteroatoms. The van der Waals surface area contributed by atoms with E-state index >= 15 is 0 Å². The van der Waals surface area contributed by atoms with Crippen LogP contribution in [0.4, 0.5) is 9.80 Å². The van der Waals surface area contributed by atoms with Gasteiger partial charge in [-0.05, 0) is 39.7 Å². The molecule has 108 valence electrons. The molecule has 2 heterocycles. The van der Waals surface area contributed by atoms with Gasteiger partial charge in [0.25, 0.3) is 0 Å². The fourth-order valence-corrected chi connectivity index (χ4v) is 3.33. The third-order valence-electron chi connectivity index (χ3n) is 3.20. The van der Waals surface area contributed by atoms with Crippen molar-refractivity contribution in [3.8, 4) is 6.07 Å². The van der Waals surface area contributed by atoms with Gasteiger partial charge in [-0.25, -0.2) is 4.79 Å². The molecule has 1 aliphatic rings. The Morgan fingerprint density at radius 1 is 1.55 bits per heavy atom. The molecule has 5 nitrogen and oxygen atoms in total. The van der Waals surface area contributed by atoms with Crippen molar-refractivity contribution >= 4 is 22.4 Å². The standard InChI is InChI=1S/C14H19N3O2S/c1-8-5-9-10(6-15)12(16)20-11(9)7-17(8)13(18)19-14(2,3)4/h8H,5,7,16H2,1-4H3. The summed E-state index contributed by atoms with van der Waals surface area (Å²) in [6, 6.07) is 2.16. The largest absolute Gasteiger partial charge is 0.444 e. The second-order valence-corrected chi connectivity index (χ2v) is 7.15. The third-order valence-corrected chi connectivity index (χ3v) is 4.25. The Hall–Kier alpha value is -1.74. The normalized spacial score (nSPS) is 18.4. The lowest BCUT2D eigenvalue weighted by Gasteiger charge is -2.34. The van der Waals surface area contributed by atoms with Crippen LogP contribution in [0.1, 0.15) is 43.7 Å². The van der Waals surface area contributed by atoms with Crippen LogP contribution in [0.3, 0.4) is 0 Å². The first-order valence-electron chi connectivity index (χ1n) is 6.52. The minimum absolute atomic E-state index is 0.00144. The van der Waals surface area contributed by atoms with Crippen LogP contribution < -0.4 is 5.73 Å². The zero-order valence-corrected chi connectivity index (χ0v) is 13.0. The van der Waals surface area contributed by atoms with Crippen molar-refractivity contribution in [2.45, 2.75) is 52.3 Å². The summed E-state index contributed by atoms with van der Waals surface area (Å²) in [5.41, 5.74) is 6.91. The van der Waals surface area contributed by atoms with Crippen LogP contribution in [0.5, 0.6) is 0 Å². The van der Waals surface area contributed by atoms with Crippen molar-refractivity contribution in [1.82, 2.24) is 4.90 Å². The van der Waals surface area contributed by atoms with E-state index in [4.69, 9.17) is 15.7 Å². The van der Waals surface area contributed by atoms with Crippen molar-refractivity contribution < 1.29 is 9.53 Å². The molecule has 0 bridgehead atoms. The number of rotatable bonds is 0. The fourth-order valence-electron chi connectivity index (χ4n) is 2.28. The van der Waals surface area contributed by atoms with Gasteiger partial charge in [-0.15, -0.1) is 11.3 Å². The Bertz CT molecular complexity index is 580. The highest BCUT2D eigenvalue weighted by Crippen LogP contribution is 2.36. The van der Waals surface area contributed by atoms with Crippen LogP contribution in [0.2, 0.25) is 0 Å². The van der Waals surface area contributed by atoms with Gasteiger partial charge in [0.1, 0.15) is 16.7 Å². The Morgan fingerprint density at radius 2 is 2.20 bits per heavy atom. The zero-order valence-electron chi connectivity index (χ0n) is 12.2. The molecule has 0 aliphatic carbocycles. The van der Waals surface area contributed by atoms with E-state index in [-0.39, 0.29) is 12.1 Å². The summed E-state index contributed by atoms with van der Waals surface area (Å²) < 4.78 is 5.42. The summed E-state index contributed by atoms with van der Waals surface area (Å²) in [5, 5.41) is 9.69. The molecule has 0 radical (unpaired) electrons. The van der Waals surface area contributed by atoms with Crippen molar-refractivity contribution in [2.75, 3.05) is 5.73 Å². The van der Waals surface area contributed by atoms with Crippen LogP contribution in [0, 0.1) is 11.3 Å². The molecule has 0 saturated carbocycles. The highest BCUT2D eigenvalue weighted by atomic mass is 32.1. The summed E-state index contributed by atoms with van der Waals surface area (Å²) in [6.07, 6.45) is 0.326. The van der Waals surface area contributed by atoms with E-state index < -0.39 is 5.60 Å². The van der Waals surface area contributed by atoms with E-state index in [1.54, 1.807) is 4.90 Å². The molecular weight excluding hydrogens is 274 g/mol. The topological polar surface area (TPSA) is 79.4 Å². The van der Waals surface area contributed by atoms with E-state index in [9.17, 15) is 4.79 Å². The summed E-state index contributed by atoms with van der Waals surface area (Å²) in [6.45, 7) is 7.97. The van der Waals surface area contributed by atoms with Crippen molar-refractivity contribution in [3.63, 3.8) is 0 Å². The number of carbonyl (C=O) groups is 1. The predicted octanol–water partition coefficient (Wildman–Crippen LogP) is 2.88. The summed E-state index contributed by atoms with van der Waals surface area (Å²) in [5.74, 6) is 0. The Morgan fingerprint density at radius 3 is 2.75 bits per heavy atom. The molecular formula is C14H19N3O2S. The van der Waals surface area contributed by atoms with E-state index in [2.05, 4.69) is 6.07 Å². The van der Waals surface area contributed by atoms with Crippen LogP contribution in [0.15, 0.2) is 0 Å². The number of amides is 1. The Balaban J connectivity index is 2.25. The number of nitrogens with zero attached hydrogens (tertiary/aromatic N) is 2. The zero-order chi connectivity index (χ0) is 15.1. The number of carbonyl (C=O) groups excluding carboxylic acids is 1. The minimum Gasteiger partial charge on any atom is -0.444 e. The van der Waals surface area contributed by atoms with Gasteiger partial charge in [0, 0.05) is 10.9 Å². The molecule has 1 atom stereocenters. The molecule has 20 heavy (non-hydrogen) atoms. The second kappa shape index (κ2) is 4.98. The number of anilines is 1. The van der Waals surface area contributed by atoms with Crippen LogP contribution in [0.25, 0.3) is 0 Å². The fraction of sp³-hybridized carbons (Fsp3) is 0.571. The number of thiophene rings is 1. The van der Waals surface area contributed by atoms with E-state index in [1.807, 2.05) is 27.7 Å². The summed E-state index contributed by atoms with van der Waals surface area (Å²) >= 11 is 1.39. The molecule has 0 aromatic carbocycles. The SMILES string of the molecule is CC1Cc2c(sc(N)c2C#N)CN1C(=O)OC(C)(C)C. The average molecular weight is 293 g/mol. The number of nitriles is 1. The molecule has 0 spiro atoms. The van der Waals surface area contributed by atoms with Crippen LogP contribution in [-0.4, -0.2) is 22.6 Å². The van der Waals surface area contributed by atoms with Crippen molar-refractivity contribution in [2.24, 2.45) is 0 Å². The van der Waals surface area contributed by atoms with Gasteiger partial charge in [0.15, 0.2) is 0 Å². The number of hydrogen-bond acceptors (Lipinski definition) is 5. The summed E-state index contributed by atoms with van der Waals surface area (Å²) in [4.78, 5) is 14.9. The number of nitrogens with two attached hydrogens (primary N) is 1. The molecule has 2 N–H and O–H groups in total. The lowest BCUT2D eigenvalue weighted by molar-refractivity contribution is 0.0142. The molecule has 0 fully saturated rings. The maximum absolute atomic E-state index is 12.2. The first-order chi connectivity index (χ1) is 9.23. The maximum atomic E-state index is 12.2. The monoisotopic (exact) mass is 293 g/mol. The lowest BCUT2D eigenvalue weighted by atomic mass is 9.98. The molecule has 1 unspecified atom stereocenters. The first kappa shape index (κ1) is 14.7. The first-order valence-corrected chi connectivity index (χ1v) is 7.34. The number of fused-ring (bicyclic) bond motifs is 1.